The Morgan fingerprint density at radius 3 is 2.59 bits per heavy atom. The summed E-state index contributed by atoms with van der Waals surface area (Å²) in [5, 5.41) is 10.8. The van der Waals surface area contributed by atoms with Crippen LogP contribution in [0.1, 0.15) is 41.0 Å². The number of amides is 1. The Hall–Kier alpha value is -3.95. The Bertz CT molecular complexity index is 1410. The molecule has 0 radical (unpaired) electrons. The summed E-state index contributed by atoms with van der Waals surface area (Å²) in [6.45, 7) is 8.48. The van der Waals surface area contributed by atoms with Crippen LogP contribution in [0, 0.1) is 0 Å². The normalized spacial score (nSPS) is 16.8. The van der Waals surface area contributed by atoms with Crippen molar-refractivity contribution in [3.63, 3.8) is 0 Å². The van der Waals surface area contributed by atoms with Crippen LogP contribution in [0.2, 0.25) is 0 Å². The van der Waals surface area contributed by atoms with Crippen molar-refractivity contribution in [3.05, 3.63) is 64.8 Å². The minimum absolute atomic E-state index is 0.0751. The quantitative estimate of drug-likeness (QED) is 0.467. The highest BCUT2D eigenvalue weighted by Gasteiger charge is 2.28. The average Bonchev–Trinajstić information content (AvgIpc) is 2.95. The first-order chi connectivity index (χ1) is 19.0. The van der Waals surface area contributed by atoms with Gasteiger partial charge in [0, 0.05) is 37.1 Å². The van der Waals surface area contributed by atoms with Crippen molar-refractivity contribution in [2.75, 3.05) is 52.6 Å². The number of nitrogens with zero attached hydrogens (tertiary/aromatic N) is 3. The van der Waals surface area contributed by atoms with E-state index in [0.717, 1.165) is 23.2 Å². The fourth-order valence-corrected chi connectivity index (χ4v) is 5.09. The second-order valence-electron chi connectivity index (χ2n) is 9.53. The van der Waals surface area contributed by atoms with Crippen LogP contribution in [-0.4, -0.2) is 84.4 Å². The van der Waals surface area contributed by atoms with Crippen molar-refractivity contribution in [2.24, 2.45) is 0 Å². The van der Waals surface area contributed by atoms with Gasteiger partial charge in [-0.15, -0.1) is 0 Å². The van der Waals surface area contributed by atoms with E-state index in [-0.39, 0.29) is 12.5 Å². The number of likely N-dealkylation sites (N-methyl/N-ethyl adjacent to an activating group) is 1. The second-order valence-corrected chi connectivity index (χ2v) is 9.53. The number of hydrogen-bond donors (Lipinski definition) is 1. The molecule has 204 valence electrons. The SMILES string of the molecule is CCOc1cc(C=C2CN(CC)Cc3c2nc2ccccc2c3C(=O)O)ccc1OCC(=O)N1CCOCC1. The number of aromatic carboxylic acids is 1. The topological polar surface area (TPSA) is 101 Å². The molecule has 0 aliphatic carbocycles. The first kappa shape index (κ1) is 26.6. The number of aromatic nitrogens is 1. The molecule has 1 aromatic heterocycles. The molecule has 0 atom stereocenters. The number of carboxylic acid groups (broad SMARTS) is 1. The van der Waals surface area contributed by atoms with Crippen LogP contribution >= 0.6 is 0 Å². The molecule has 0 unspecified atom stereocenters. The molecule has 0 spiro atoms. The molecule has 0 bridgehead atoms. The zero-order chi connectivity index (χ0) is 27.4. The first-order valence-corrected chi connectivity index (χ1v) is 13.3. The van der Waals surface area contributed by atoms with Crippen LogP contribution in [0.3, 0.4) is 0 Å². The van der Waals surface area contributed by atoms with E-state index in [1.807, 2.05) is 55.5 Å². The summed E-state index contributed by atoms with van der Waals surface area (Å²) in [6, 6.07) is 13.0. The Morgan fingerprint density at radius 1 is 1.05 bits per heavy atom. The van der Waals surface area contributed by atoms with Crippen LogP contribution in [0.15, 0.2) is 42.5 Å². The molecular formula is C30H33N3O6. The summed E-state index contributed by atoms with van der Waals surface area (Å²) >= 11 is 0. The number of pyridine rings is 1. The van der Waals surface area contributed by atoms with E-state index in [1.165, 1.54) is 0 Å². The summed E-state index contributed by atoms with van der Waals surface area (Å²) < 4.78 is 17.0. The van der Waals surface area contributed by atoms with Crippen molar-refractivity contribution < 1.29 is 28.9 Å². The number of ether oxygens (including phenoxy) is 3. The van der Waals surface area contributed by atoms with E-state index in [2.05, 4.69) is 11.8 Å². The third-order valence-corrected chi connectivity index (χ3v) is 7.06. The van der Waals surface area contributed by atoms with E-state index in [4.69, 9.17) is 19.2 Å². The minimum Gasteiger partial charge on any atom is -0.490 e. The first-order valence-electron chi connectivity index (χ1n) is 13.3. The highest BCUT2D eigenvalue weighted by atomic mass is 16.5. The largest absolute Gasteiger partial charge is 0.490 e. The molecule has 9 nitrogen and oxygen atoms in total. The second kappa shape index (κ2) is 11.8. The van der Waals surface area contributed by atoms with Gasteiger partial charge in [-0.05, 0) is 48.9 Å². The van der Waals surface area contributed by atoms with Gasteiger partial charge < -0.3 is 24.2 Å². The smallest absolute Gasteiger partial charge is 0.336 e. The molecule has 2 aromatic carbocycles. The minimum atomic E-state index is -0.950. The number of rotatable bonds is 8. The maximum Gasteiger partial charge on any atom is 0.336 e. The number of fused-ring (bicyclic) bond motifs is 2. The lowest BCUT2D eigenvalue weighted by Gasteiger charge is -2.30. The summed E-state index contributed by atoms with van der Waals surface area (Å²) in [4.78, 5) is 33.8. The van der Waals surface area contributed by atoms with Crippen LogP contribution in [-0.2, 0) is 16.1 Å². The standard InChI is InChI=1S/C30H33N3O6/c1-3-32-17-21(29-23(18-32)28(30(35)36)22-7-5-6-8-24(22)31-29)15-20-9-10-25(26(16-20)38-4-2)39-19-27(34)33-11-13-37-14-12-33/h5-10,15-16H,3-4,11-14,17-19H2,1-2H3,(H,35,36). The molecule has 5 rings (SSSR count). The third-order valence-electron chi connectivity index (χ3n) is 7.06. The van der Waals surface area contributed by atoms with Crippen molar-refractivity contribution in [1.29, 1.82) is 0 Å². The number of carbonyl (C=O) groups excluding carboxylic acids is 1. The molecule has 1 saturated heterocycles. The lowest BCUT2D eigenvalue weighted by atomic mass is 9.92. The zero-order valence-electron chi connectivity index (χ0n) is 22.3. The fourth-order valence-electron chi connectivity index (χ4n) is 5.09. The molecule has 39 heavy (non-hydrogen) atoms. The van der Waals surface area contributed by atoms with Crippen LogP contribution in [0.25, 0.3) is 22.6 Å². The molecule has 3 aromatic rings. The fraction of sp³-hybridized carbons (Fsp3) is 0.367. The van der Waals surface area contributed by atoms with Crippen molar-refractivity contribution in [3.8, 4) is 11.5 Å². The monoisotopic (exact) mass is 531 g/mol. The molecule has 2 aliphatic heterocycles. The van der Waals surface area contributed by atoms with Gasteiger partial charge in [-0.1, -0.05) is 31.2 Å². The maximum absolute atomic E-state index is 12.6. The van der Waals surface area contributed by atoms with Gasteiger partial charge in [-0.25, -0.2) is 9.78 Å². The van der Waals surface area contributed by atoms with E-state index in [0.29, 0.717) is 79.7 Å². The summed E-state index contributed by atoms with van der Waals surface area (Å²) in [5.74, 6) is 0.00619. The number of carbonyl (C=O) groups is 2. The molecular weight excluding hydrogens is 498 g/mol. The third kappa shape index (κ3) is 5.74. The Morgan fingerprint density at radius 2 is 1.85 bits per heavy atom. The highest BCUT2D eigenvalue weighted by molar-refractivity contribution is 6.06. The molecule has 1 amide bonds. The van der Waals surface area contributed by atoms with Crippen LogP contribution < -0.4 is 9.47 Å². The van der Waals surface area contributed by atoms with Crippen LogP contribution in [0.4, 0.5) is 0 Å². The van der Waals surface area contributed by atoms with Crippen molar-refractivity contribution in [2.45, 2.75) is 20.4 Å². The number of carboxylic acids is 1. The van der Waals surface area contributed by atoms with Gasteiger partial charge in [-0.2, -0.15) is 0 Å². The molecule has 0 saturated carbocycles. The Kier molecular flexibility index (Phi) is 8.09. The van der Waals surface area contributed by atoms with E-state index in [9.17, 15) is 14.7 Å². The van der Waals surface area contributed by atoms with Gasteiger partial charge in [0.25, 0.3) is 5.91 Å². The molecule has 3 heterocycles. The predicted octanol–water partition coefficient (Wildman–Crippen LogP) is 3.95. The van der Waals surface area contributed by atoms with E-state index >= 15 is 0 Å². The molecule has 1 N–H and O–H groups in total. The summed E-state index contributed by atoms with van der Waals surface area (Å²) in [6.07, 6.45) is 2.03. The lowest BCUT2D eigenvalue weighted by Crippen LogP contribution is -2.43. The predicted molar refractivity (Wildman–Crippen MR) is 148 cm³/mol. The zero-order valence-corrected chi connectivity index (χ0v) is 22.3. The van der Waals surface area contributed by atoms with E-state index < -0.39 is 5.97 Å². The van der Waals surface area contributed by atoms with Gasteiger partial charge >= 0.3 is 5.97 Å². The summed E-state index contributed by atoms with van der Waals surface area (Å²) in [5.41, 5.74) is 4.22. The highest BCUT2D eigenvalue weighted by Crippen LogP contribution is 2.35. The Balaban J connectivity index is 1.48. The molecule has 1 fully saturated rings. The maximum atomic E-state index is 12.6. The van der Waals surface area contributed by atoms with Gasteiger partial charge in [0.1, 0.15) is 0 Å². The van der Waals surface area contributed by atoms with Crippen LogP contribution in [0.5, 0.6) is 11.5 Å². The number of benzene rings is 2. The number of para-hydroxylation sites is 1. The molecule has 2 aliphatic rings. The van der Waals surface area contributed by atoms with E-state index in [1.54, 1.807) is 4.90 Å². The lowest BCUT2D eigenvalue weighted by molar-refractivity contribution is -0.137. The molecule has 9 heteroatoms. The van der Waals surface area contributed by atoms with Gasteiger partial charge in [-0.3, -0.25) is 9.69 Å². The Labute approximate surface area is 227 Å². The van der Waals surface area contributed by atoms with Gasteiger partial charge in [0.15, 0.2) is 18.1 Å². The van der Waals surface area contributed by atoms with Gasteiger partial charge in [0.05, 0.1) is 36.6 Å². The average molecular weight is 532 g/mol. The summed E-state index contributed by atoms with van der Waals surface area (Å²) in [7, 11) is 0. The van der Waals surface area contributed by atoms with Crippen molar-refractivity contribution in [1.82, 2.24) is 14.8 Å². The number of morpholine rings is 1. The van der Waals surface area contributed by atoms with Gasteiger partial charge in [0.2, 0.25) is 0 Å². The van der Waals surface area contributed by atoms with Crippen molar-refractivity contribution >= 4 is 34.4 Å². The number of hydrogen-bond acceptors (Lipinski definition) is 7.